The monoisotopic (exact) mass is 746 g/mol. The van der Waals surface area contributed by atoms with E-state index in [4.69, 9.17) is 4.74 Å². The summed E-state index contributed by atoms with van der Waals surface area (Å²) in [6.45, 7) is 12.6. The number of likely N-dealkylation sites (N-methyl/N-ethyl adjacent to an activating group) is 1. The van der Waals surface area contributed by atoms with Crippen LogP contribution in [0.15, 0.2) is 29.6 Å². The second-order valence-electron chi connectivity index (χ2n) is 14.1. The van der Waals surface area contributed by atoms with Crippen LogP contribution in [0.2, 0.25) is 0 Å². The molecule has 0 bridgehead atoms. The SMILES string of the molecule is C.CCCN(C(=O)C(CC(=O)C1CCCCN1C)[C@@H](C)CC)[C@H](C[C@@H](OC(C)=O)c1nc(C(=O)N[C@@H](Cc2ccc(F)cc2)C(=O)O)cs1)C(C)C. The molecule has 2 unspecified atom stereocenters. The number of hydrogen-bond donors (Lipinski definition) is 2. The second kappa shape index (κ2) is 21.1. The molecule has 1 aliphatic rings. The first kappa shape index (κ1) is 44.5. The molecular formula is C39H59FN4O7S. The van der Waals surface area contributed by atoms with Crippen LogP contribution in [-0.2, 0) is 30.3 Å². The van der Waals surface area contributed by atoms with E-state index in [1.165, 1.54) is 36.6 Å². The summed E-state index contributed by atoms with van der Waals surface area (Å²) in [4.78, 5) is 74.1. The van der Waals surface area contributed by atoms with Gasteiger partial charge in [-0.25, -0.2) is 14.2 Å². The largest absolute Gasteiger partial charge is 0.480 e. The Balaban J connectivity index is 0.00000936. The molecule has 1 fully saturated rings. The predicted molar refractivity (Wildman–Crippen MR) is 200 cm³/mol. The summed E-state index contributed by atoms with van der Waals surface area (Å²) in [5.74, 6) is -3.55. The number of esters is 1. The molecule has 2 amide bonds. The number of carboxylic acids is 1. The molecule has 1 aliphatic heterocycles. The number of amides is 2. The molecule has 1 saturated heterocycles. The molecule has 0 saturated carbocycles. The average Bonchev–Trinajstić information content (AvgIpc) is 3.58. The summed E-state index contributed by atoms with van der Waals surface area (Å²) in [5.41, 5.74) is 0.494. The van der Waals surface area contributed by atoms with Crippen molar-refractivity contribution in [3.63, 3.8) is 0 Å². The van der Waals surface area contributed by atoms with Crippen LogP contribution in [0.5, 0.6) is 0 Å². The van der Waals surface area contributed by atoms with Crippen LogP contribution >= 0.6 is 11.3 Å². The van der Waals surface area contributed by atoms with E-state index in [9.17, 15) is 33.5 Å². The molecule has 2 aromatic rings. The number of aromatic nitrogens is 1. The van der Waals surface area contributed by atoms with Gasteiger partial charge >= 0.3 is 11.9 Å². The van der Waals surface area contributed by atoms with E-state index in [1.807, 2.05) is 46.6 Å². The van der Waals surface area contributed by atoms with Crippen molar-refractivity contribution in [2.45, 2.75) is 125 Å². The van der Waals surface area contributed by atoms with Crippen molar-refractivity contribution in [3.8, 4) is 0 Å². The molecule has 1 aromatic heterocycles. The number of piperidine rings is 1. The zero-order valence-electron chi connectivity index (χ0n) is 31.0. The van der Waals surface area contributed by atoms with Crippen LogP contribution in [-0.4, -0.2) is 87.7 Å². The lowest BCUT2D eigenvalue weighted by atomic mass is 9.82. The fourth-order valence-corrected chi connectivity index (χ4v) is 7.59. The van der Waals surface area contributed by atoms with Gasteiger partial charge in [-0.2, -0.15) is 0 Å². The number of nitrogens with zero attached hydrogens (tertiary/aromatic N) is 3. The average molecular weight is 747 g/mol. The first-order chi connectivity index (χ1) is 24.2. The number of ether oxygens (including phenoxy) is 1. The smallest absolute Gasteiger partial charge is 0.326 e. The highest BCUT2D eigenvalue weighted by atomic mass is 32.1. The minimum absolute atomic E-state index is 0. The Bertz CT molecular complexity index is 1480. The number of halogens is 1. The number of ketones is 1. The lowest BCUT2D eigenvalue weighted by molar-refractivity contribution is -0.150. The maximum Gasteiger partial charge on any atom is 0.326 e. The molecule has 290 valence electrons. The lowest BCUT2D eigenvalue weighted by Gasteiger charge is -2.39. The van der Waals surface area contributed by atoms with Crippen LogP contribution in [0, 0.1) is 23.6 Å². The number of nitrogens with one attached hydrogen (secondary N) is 1. The second-order valence-corrected chi connectivity index (χ2v) is 15.0. The lowest BCUT2D eigenvalue weighted by Crippen LogP contribution is -2.50. The van der Waals surface area contributed by atoms with Gasteiger partial charge in [-0.05, 0) is 62.4 Å². The highest BCUT2D eigenvalue weighted by molar-refractivity contribution is 7.09. The molecule has 13 heteroatoms. The van der Waals surface area contributed by atoms with E-state index in [2.05, 4.69) is 15.2 Å². The van der Waals surface area contributed by atoms with Crippen LogP contribution in [0.1, 0.15) is 121 Å². The van der Waals surface area contributed by atoms with Crippen molar-refractivity contribution in [2.75, 3.05) is 20.1 Å². The van der Waals surface area contributed by atoms with Crippen LogP contribution in [0.25, 0.3) is 0 Å². The summed E-state index contributed by atoms with van der Waals surface area (Å²) >= 11 is 1.10. The Morgan fingerprint density at radius 1 is 1.12 bits per heavy atom. The third-order valence-corrected chi connectivity index (χ3v) is 10.8. The van der Waals surface area contributed by atoms with E-state index >= 15 is 0 Å². The molecule has 2 N–H and O–H groups in total. The molecular weight excluding hydrogens is 688 g/mol. The molecule has 52 heavy (non-hydrogen) atoms. The molecule has 1 aromatic carbocycles. The summed E-state index contributed by atoms with van der Waals surface area (Å²) < 4.78 is 19.1. The maximum atomic E-state index is 14.5. The van der Waals surface area contributed by atoms with Gasteiger partial charge in [-0.3, -0.25) is 24.1 Å². The van der Waals surface area contributed by atoms with Crippen molar-refractivity contribution in [3.05, 3.63) is 51.7 Å². The summed E-state index contributed by atoms with van der Waals surface area (Å²) in [5, 5.41) is 14.1. The van der Waals surface area contributed by atoms with Crippen molar-refractivity contribution < 1.29 is 38.2 Å². The number of carbonyl (C=O) groups excluding carboxylic acids is 4. The number of carbonyl (C=O) groups is 5. The van der Waals surface area contributed by atoms with Crippen molar-refractivity contribution in [2.24, 2.45) is 17.8 Å². The standard InChI is InChI=1S/C38H55FN4O7S.CH4/c1-8-17-43(37(47)28(24(5)9-2)20-33(45)31-12-10-11-18-42(31)7)32(23(3)4)21-34(50-25(6)44)36-41-30(22-51-36)35(46)40-29(38(48)49)19-26-13-15-27(39)16-14-26;/h13-16,22-24,28-29,31-32,34H,8-12,17-21H2,1-7H3,(H,40,46)(H,48,49);1H4/t24-,28?,29-,31?,32+,34+;/m0./s1. The number of likely N-dealkylation sites (tertiary alicyclic amines) is 1. The summed E-state index contributed by atoms with van der Waals surface area (Å²) in [7, 11) is 1.97. The van der Waals surface area contributed by atoms with Crippen molar-refractivity contribution in [1.29, 1.82) is 0 Å². The van der Waals surface area contributed by atoms with E-state index in [0.717, 1.165) is 43.6 Å². The molecule has 0 aliphatic carbocycles. The van der Waals surface area contributed by atoms with Crippen LogP contribution < -0.4 is 5.32 Å². The maximum absolute atomic E-state index is 14.5. The Morgan fingerprint density at radius 3 is 2.35 bits per heavy atom. The number of thiazole rings is 1. The van der Waals surface area contributed by atoms with Gasteiger partial charge in [0.05, 0.1) is 6.04 Å². The van der Waals surface area contributed by atoms with Gasteiger partial charge in [0.2, 0.25) is 5.91 Å². The fraction of sp³-hybridized carbons (Fsp3) is 0.641. The Hall–Kier alpha value is -3.71. The van der Waals surface area contributed by atoms with Gasteiger partial charge in [-0.15, -0.1) is 11.3 Å². The van der Waals surface area contributed by atoms with Gasteiger partial charge in [-0.1, -0.05) is 67.0 Å². The van der Waals surface area contributed by atoms with Gasteiger partial charge in [0.25, 0.3) is 5.91 Å². The van der Waals surface area contributed by atoms with Crippen molar-refractivity contribution >= 4 is 40.9 Å². The molecule has 0 spiro atoms. The van der Waals surface area contributed by atoms with Crippen molar-refractivity contribution in [1.82, 2.24) is 20.1 Å². The quantitative estimate of drug-likeness (QED) is 0.150. The summed E-state index contributed by atoms with van der Waals surface area (Å²) in [6.07, 6.45) is 3.71. The number of hydrogen-bond acceptors (Lipinski definition) is 9. The highest BCUT2D eigenvalue weighted by Gasteiger charge is 2.39. The van der Waals surface area contributed by atoms with E-state index in [0.29, 0.717) is 23.5 Å². The molecule has 3 rings (SSSR count). The summed E-state index contributed by atoms with van der Waals surface area (Å²) in [6, 6.07) is 3.50. The Labute approximate surface area is 312 Å². The molecule has 2 heterocycles. The number of benzene rings is 1. The van der Waals surface area contributed by atoms with Gasteiger partial charge < -0.3 is 20.1 Å². The first-order valence-electron chi connectivity index (χ1n) is 18.1. The molecule has 11 nitrogen and oxygen atoms in total. The Morgan fingerprint density at radius 2 is 1.79 bits per heavy atom. The minimum atomic E-state index is -1.29. The van der Waals surface area contributed by atoms with Gasteiger partial charge in [0.15, 0.2) is 11.9 Å². The van der Waals surface area contributed by atoms with E-state index < -0.39 is 41.7 Å². The highest BCUT2D eigenvalue weighted by Crippen LogP contribution is 2.33. The number of aliphatic carboxylic acids is 1. The minimum Gasteiger partial charge on any atom is -0.480 e. The number of rotatable bonds is 19. The Kier molecular flexibility index (Phi) is 18.0. The predicted octanol–water partition coefficient (Wildman–Crippen LogP) is 6.71. The molecule has 0 radical (unpaired) electrons. The third-order valence-electron chi connectivity index (χ3n) is 9.88. The van der Waals surface area contributed by atoms with E-state index in [-0.39, 0.29) is 68.0 Å². The molecule has 6 atom stereocenters. The van der Waals surface area contributed by atoms with Gasteiger partial charge in [0, 0.05) is 50.1 Å². The van der Waals surface area contributed by atoms with E-state index in [1.54, 1.807) is 0 Å². The topological polar surface area (TPSA) is 146 Å². The fourth-order valence-electron chi connectivity index (χ4n) is 6.75. The van der Waals surface area contributed by atoms with Crippen LogP contribution in [0.3, 0.4) is 0 Å². The number of carboxylic acid groups (broad SMARTS) is 1. The number of Topliss-reactive ketones (excluding diaryl/α,β-unsaturated/α-hetero) is 1. The zero-order chi connectivity index (χ0) is 37.8. The van der Waals surface area contributed by atoms with Crippen LogP contribution in [0.4, 0.5) is 4.39 Å². The third kappa shape index (κ3) is 12.5. The normalized spacial score (nSPS) is 17.6. The zero-order valence-corrected chi connectivity index (χ0v) is 31.8. The first-order valence-corrected chi connectivity index (χ1v) is 19.0. The van der Waals surface area contributed by atoms with Gasteiger partial charge in [0.1, 0.15) is 22.6 Å².